The number of Topliss-reactive ketones (excluding diaryl/α,β-unsaturated/α-hetero) is 1. The maximum Gasteiger partial charge on any atom is 0.205 e. The Morgan fingerprint density at radius 3 is 2.07 bits per heavy atom. The smallest absolute Gasteiger partial charge is 0.205 e. The number of sulfone groups is 2. The van der Waals surface area contributed by atoms with Gasteiger partial charge in [0.2, 0.25) is 11.5 Å². The minimum Gasteiger partial charge on any atom is -0.383 e. The van der Waals surface area contributed by atoms with Crippen molar-refractivity contribution in [2.75, 3.05) is 12.5 Å². The standard InChI is InChI=1S/C32H34FNO6S2/c1-30(2,36)29(35)32(33,24-12-14-26(15-13-24)41(5,37)38)20-21-9-7-10-22(17-21)27-19-25(31(3,4)42(6,39)40)18-23-11-8-16-34-28(23)27/h7-19,36H,20H2,1-6H3. The normalized spacial score (nSPS) is 14.5. The van der Waals surface area contributed by atoms with Crippen LogP contribution in [0.1, 0.15) is 44.4 Å². The topological polar surface area (TPSA) is 118 Å². The highest BCUT2D eigenvalue weighted by molar-refractivity contribution is 7.91. The fourth-order valence-electron chi connectivity index (χ4n) is 4.87. The lowest BCUT2D eigenvalue weighted by molar-refractivity contribution is -0.147. The van der Waals surface area contributed by atoms with Gasteiger partial charge in [0.1, 0.15) is 5.60 Å². The van der Waals surface area contributed by atoms with E-state index in [9.17, 15) is 26.7 Å². The van der Waals surface area contributed by atoms with Crippen molar-refractivity contribution < 1.29 is 31.1 Å². The van der Waals surface area contributed by atoms with E-state index < -0.39 is 47.9 Å². The second kappa shape index (κ2) is 10.7. The lowest BCUT2D eigenvalue weighted by atomic mass is 9.79. The summed E-state index contributed by atoms with van der Waals surface area (Å²) < 4.78 is 64.9. The second-order valence-corrected chi connectivity index (χ2v) is 16.3. The number of aromatic nitrogens is 1. The number of rotatable bonds is 9. The van der Waals surface area contributed by atoms with Crippen LogP contribution in [-0.4, -0.2) is 50.8 Å². The van der Waals surface area contributed by atoms with E-state index in [0.29, 0.717) is 27.8 Å². The number of halogens is 1. The van der Waals surface area contributed by atoms with E-state index in [1.807, 2.05) is 6.07 Å². The number of carbonyl (C=O) groups is 1. The molecule has 1 atom stereocenters. The molecule has 1 aromatic heterocycles. The number of hydrogen-bond donors (Lipinski definition) is 1. The molecule has 42 heavy (non-hydrogen) atoms. The van der Waals surface area contributed by atoms with Crippen LogP contribution < -0.4 is 0 Å². The molecule has 1 N–H and O–H groups in total. The Hall–Kier alpha value is -3.47. The Morgan fingerprint density at radius 2 is 1.50 bits per heavy atom. The molecule has 1 unspecified atom stereocenters. The quantitative estimate of drug-likeness (QED) is 0.272. The fourth-order valence-corrected chi connectivity index (χ4v) is 6.05. The molecule has 0 aliphatic rings. The molecule has 0 fully saturated rings. The lowest BCUT2D eigenvalue weighted by Crippen LogP contribution is -2.46. The van der Waals surface area contributed by atoms with Gasteiger partial charge in [-0.1, -0.05) is 42.5 Å². The Balaban J connectivity index is 1.87. The van der Waals surface area contributed by atoms with Crippen molar-refractivity contribution >= 4 is 36.4 Å². The predicted octanol–water partition coefficient (Wildman–Crippen LogP) is 5.33. The number of carbonyl (C=O) groups excluding carboxylic acids is 1. The summed E-state index contributed by atoms with van der Waals surface area (Å²) in [6.07, 6.45) is 3.40. The first-order valence-electron chi connectivity index (χ1n) is 13.2. The van der Waals surface area contributed by atoms with Gasteiger partial charge in [-0.2, -0.15) is 0 Å². The van der Waals surface area contributed by atoms with Gasteiger partial charge in [-0.3, -0.25) is 9.78 Å². The average Bonchev–Trinajstić information content (AvgIpc) is 2.90. The zero-order valence-corrected chi connectivity index (χ0v) is 26.0. The van der Waals surface area contributed by atoms with E-state index >= 15 is 4.39 Å². The SMILES string of the molecule is CC(C)(O)C(=O)C(F)(Cc1cccc(-c2cc(C(C)(C)S(C)(=O)=O)cc3cccnc23)c1)c1ccc(S(C)(=O)=O)cc1. The first-order valence-corrected chi connectivity index (χ1v) is 17.0. The molecule has 4 aromatic rings. The highest BCUT2D eigenvalue weighted by Gasteiger charge is 2.47. The molecule has 1 heterocycles. The van der Waals surface area contributed by atoms with E-state index in [0.717, 1.165) is 11.6 Å². The molecule has 7 nitrogen and oxygen atoms in total. The van der Waals surface area contributed by atoms with Gasteiger partial charge in [0, 0.05) is 36.1 Å². The monoisotopic (exact) mass is 611 g/mol. The molecule has 0 bridgehead atoms. The number of aliphatic hydroxyl groups is 1. The van der Waals surface area contributed by atoms with Crippen molar-refractivity contribution in [3.8, 4) is 11.1 Å². The number of nitrogens with zero attached hydrogens (tertiary/aromatic N) is 1. The number of fused-ring (bicyclic) bond motifs is 1. The third kappa shape index (κ3) is 6.02. The first-order chi connectivity index (χ1) is 19.2. The maximum atomic E-state index is 16.9. The van der Waals surface area contributed by atoms with E-state index in [1.54, 1.807) is 62.5 Å². The van der Waals surface area contributed by atoms with Crippen molar-refractivity contribution in [2.24, 2.45) is 0 Å². The Kier molecular flexibility index (Phi) is 7.99. The molecule has 222 valence electrons. The Morgan fingerprint density at radius 1 is 0.857 bits per heavy atom. The van der Waals surface area contributed by atoms with Crippen molar-refractivity contribution in [3.05, 3.63) is 95.7 Å². The predicted molar refractivity (Wildman–Crippen MR) is 162 cm³/mol. The van der Waals surface area contributed by atoms with Gasteiger partial charge in [0.05, 0.1) is 15.2 Å². The molecule has 0 aliphatic carbocycles. The first kappa shape index (κ1) is 31.5. The van der Waals surface area contributed by atoms with Crippen LogP contribution >= 0.6 is 0 Å². The third-order valence-electron chi connectivity index (χ3n) is 7.67. The summed E-state index contributed by atoms with van der Waals surface area (Å²) in [5, 5.41) is 11.3. The Bertz CT molecular complexity index is 1890. The summed E-state index contributed by atoms with van der Waals surface area (Å²) in [7, 11) is -7.04. The van der Waals surface area contributed by atoms with Crippen LogP contribution in [0.2, 0.25) is 0 Å². The summed E-state index contributed by atoms with van der Waals surface area (Å²) in [6, 6.07) is 19.0. The molecule has 0 amide bonds. The van der Waals surface area contributed by atoms with Gasteiger partial charge in [0.25, 0.3) is 0 Å². The average molecular weight is 612 g/mol. The molecule has 0 spiro atoms. The van der Waals surface area contributed by atoms with Crippen LogP contribution in [0.3, 0.4) is 0 Å². The van der Waals surface area contributed by atoms with Crippen molar-refractivity contribution in [2.45, 2.75) is 55.0 Å². The van der Waals surface area contributed by atoms with Crippen LogP contribution in [0.15, 0.2) is 83.9 Å². The highest BCUT2D eigenvalue weighted by Crippen LogP contribution is 2.39. The van der Waals surface area contributed by atoms with E-state index in [1.165, 1.54) is 44.4 Å². The zero-order chi connectivity index (χ0) is 31.3. The number of benzene rings is 3. The minimum absolute atomic E-state index is 0.0254. The summed E-state index contributed by atoms with van der Waals surface area (Å²) in [6.45, 7) is 5.68. The second-order valence-electron chi connectivity index (χ2n) is 11.7. The molecule has 0 radical (unpaired) electrons. The van der Waals surface area contributed by atoms with Gasteiger partial charge in [0.15, 0.2) is 19.7 Å². The van der Waals surface area contributed by atoms with Crippen LogP contribution in [0.25, 0.3) is 22.0 Å². The van der Waals surface area contributed by atoms with Gasteiger partial charge in [-0.05, 0) is 80.3 Å². The maximum absolute atomic E-state index is 16.9. The fraction of sp³-hybridized carbons (Fsp3) is 0.312. The van der Waals surface area contributed by atoms with Crippen molar-refractivity contribution in [3.63, 3.8) is 0 Å². The van der Waals surface area contributed by atoms with Crippen LogP contribution in [0, 0.1) is 0 Å². The third-order valence-corrected chi connectivity index (χ3v) is 10.9. The van der Waals surface area contributed by atoms with Gasteiger partial charge < -0.3 is 5.11 Å². The van der Waals surface area contributed by atoms with Gasteiger partial charge in [-0.25, -0.2) is 21.2 Å². The van der Waals surface area contributed by atoms with E-state index in [4.69, 9.17) is 0 Å². The minimum atomic E-state index is -3.55. The summed E-state index contributed by atoms with van der Waals surface area (Å²) in [4.78, 5) is 17.8. The molecular formula is C32H34FNO6S2. The van der Waals surface area contributed by atoms with Crippen LogP contribution in [0.5, 0.6) is 0 Å². The van der Waals surface area contributed by atoms with Crippen LogP contribution in [0.4, 0.5) is 4.39 Å². The number of alkyl halides is 1. The summed E-state index contributed by atoms with van der Waals surface area (Å²) in [5.74, 6) is -1.07. The molecule has 10 heteroatoms. The van der Waals surface area contributed by atoms with Crippen LogP contribution in [-0.2, 0) is 41.3 Å². The van der Waals surface area contributed by atoms with Gasteiger partial charge in [-0.15, -0.1) is 0 Å². The largest absolute Gasteiger partial charge is 0.383 e. The van der Waals surface area contributed by atoms with Gasteiger partial charge >= 0.3 is 0 Å². The van der Waals surface area contributed by atoms with E-state index in [2.05, 4.69) is 4.98 Å². The number of hydrogen-bond acceptors (Lipinski definition) is 7. The Labute approximate surface area is 246 Å². The molecule has 0 aliphatic heterocycles. The van der Waals surface area contributed by atoms with Crippen molar-refractivity contribution in [1.29, 1.82) is 0 Å². The molecule has 0 saturated carbocycles. The van der Waals surface area contributed by atoms with Crippen molar-refractivity contribution in [1.82, 2.24) is 4.98 Å². The van der Waals surface area contributed by atoms with E-state index in [-0.39, 0.29) is 10.5 Å². The molecular weight excluding hydrogens is 577 g/mol. The molecule has 4 rings (SSSR count). The summed E-state index contributed by atoms with van der Waals surface area (Å²) in [5.41, 5.74) is -1.91. The summed E-state index contributed by atoms with van der Waals surface area (Å²) >= 11 is 0. The lowest BCUT2D eigenvalue weighted by Gasteiger charge is -2.30. The zero-order valence-electron chi connectivity index (χ0n) is 24.3. The molecule has 0 saturated heterocycles. The molecule has 3 aromatic carbocycles. The number of ketones is 1. The number of pyridine rings is 1. The highest BCUT2D eigenvalue weighted by atomic mass is 32.2.